The van der Waals surface area contributed by atoms with Crippen molar-refractivity contribution in [3.05, 3.63) is 19.1 Å². The molecule has 0 spiro atoms. The van der Waals surface area contributed by atoms with Gasteiger partial charge in [0.2, 0.25) is 0 Å². The van der Waals surface area contributed by atoms with Gasteiger partial charge >= 0.3 is 59.6 Å². The molecule has 1 rings (SSSR count). The molecular weight excluding hydrogens is 285 g/mol. The van der Waals surface area contributed by atoms with Crippen molar-refractivity contribution in [3.63, 3.8) is 0 Å². The van der Waals surface area contributed by atoms with Gasteiger partial charge in [-0.2, -0.15) is 0 Å². The summed E-state index contributed by atoms with van der Waals surface area (Å²) >= 11 is 1.91. The van der Waals surface area contributed by atoms with Gasteiger partial charge in [0.25, 0.3) is 0 Å². The maximum atomic E-state index is 2.31. The van der Waals surface area contributed by atoms with E-state index in [0.29, 0.717) is 15.8 Å². The Labute approximate surface area is 83.5 Å². The fourth-order valence-electron chi connectivity index (χ4n) is 0.330. The van der Waals surface area contributed by atoms with Crippen molar-refractivity contribution in [1.82, 2.24) is 0 Å². The molecule has 0 radical (unpaired) electrons. The summed E-state index contributed by atoms with van der Waals surface area (Å²) in [5.74, 6) is 0. The third-order valence-corrected chi connectivity index (χ3v) is 4.61. The summed E-state index contributed by atoms with van der Waals surface area (Å²) in [6.07, 6.45) is 4.41. The molecule has 0 N–H and O–H groups in total. The normalized spacial score (nSPS) is 17.0. The van der Waals surface area contributed by atoms with Gasteiger partial charge in [0.1, 0.15) is 0 Å². The van der Waals surface area contributed by atoms with E-state index in [1.807, 2.05) is 0 Å². The molecule has 4 heteroatoms. The Morgan fingerprint density at radius 2 is 2.00 bits per heavy atom. The Morgan fingerprint density at radius 3 is 2.12 bits per heavy atom. The van der Waals surface area contributed by atoms with Crippen molar-refractivity contribution in [2.24, 2.45) is 0 Å². The maximum absolute atomic E-state index is 2.31. The van der Waals surface area contributed by atoms with E-state index in [0.717, 1.165) is 0 Å². The Bertz CT molecular complexity index is 111. The van der Waals surface area contributed by atoms with E-state index >= 15 is 0 Å². The van der Waals surface area contributed by atoms with E-state index < -0.39 is 0 Å². The molecule has 0 saturated heterocycles. The van der Waals surface area contributed by atoms with Crippen molar-refractivity contribution in [2.75, 3.05) is 0 Å². The van der Waals surface area contributed by atoms with Gasteiger partial charge in [0.15, 0.2) is 0 Å². The van der Waals surface area contributed by atoms with E-state index in [1.165, 1.54) is 0 Å². The van der Waals surface area contributed by atoms with Crippen LogP contribution in [0.2, 0.25) is 0 Å². The first-order chi connectivity index (χ1) is 2.89. The molecule has 0 aliphatic carbocycles. The average molecular weight is 289 g/mol. The topological polar surface area (TPSA) is 0 Å². The minimum atomic E-state index is 0. The molecule has 0 bridgehead atoms. The molecule has 0 aromatic rings. The second-order valence-electron chi connectivity index (χ2n) is 1.08. The van der Waals surface area contributed by atoms with Crippen LogP contribution in [-0.4, -0.2) is 15.8 Å². The molecule has 1 heterocycles. The van der Waals surface area contributed by atoms with Crippen LogP contribution in [-0.2, 0) is 24.7 Å². The third kappa shape index (κ3) is 4.39. The Hall–Kier alpha value is 1.50. The van der Waals surface area contributed by atoms with Crippen molar-refractivity contribution < 1.29 is 49.5 Å². The summed E-state index contributed by atoms with van der Waals surface area (Å²) in [5.41, 5.74) is 0. The third-order valence-electron chi connectivity index (χ3n) is 0.598. The van der Waals surface area contributed by atoms with Crippen LogP contribution in [0.3, 0.4) is 0 Å². The van der Waals surface area contributed by atoms with Crippen LogP contribution in [0.5, 0.6) is 0 Å². The Kier molecular flexibility index (Phi) is 10.1. The van der Waals surface area contributed by atoms with Crippen LogP contribution in [0.15, 0.2) is 19.1 Å². The van der Waals surface area contributed by atoms with Crippen LogP contribution in [0.4, 0.5) is 0 Å². The Balaban J connectivity index is 0. The van der Waals surface area contributed by atoms with E-state index in [1.54, 1.807) is 26.8 Å². The Morgan fingerprint density at radius 1 is 1.38 bits per heavy atom. The average Bonchev–Trinajstić information content (AvgIpc) is 1.86. The first kappa shape index (κ1) is 12.2. The van der Waals surface area contributed by atoms with Crippen molar-refractivity contribution >= 4 is 15.8 Å². The van der Waals surface area contributed by atoms with Crippen LogP contribution in [0.1, 0.15) is 0 Å². The van der Waals surface area contributed by atoms with Crippen LogP contribution in [0, 0.1) is 0 Å². The molecule has 1 aliphatic heterocycles. The molecule has 0 saturated carbocycles. The molecule has 1 atom stereocenters. The molecule has 1 unspecified atom stereocenters. The standard InChI is InChI=1S/C4H4As.2ClH.Zr/c1-2-4-5-3-1;;;/h1-3,5H;2*1H;/q;;;+2/p-2. The summed E-state index contributed by atoms with van der Waals surface area (Å²) < 4.78 is 1.68. The summed E-state index contributed by atoms with van der Waals surface area (Å²) in [6.45, 7) is 0. The summed E-state index contributed by atoms with van der Waals surface area (Å²) in [7, 11) is 0. The van der Waals surface area contributed by atoms with Gasteiger partial charge in [-0.15, -0.1) is 0 Å². The van der Waals surface area contributed by atoms with Gasteiger partial charge in [-0.25, -0.2) is 0 Å². The minimum absolute atomic E-state index is 0. The zero-order valence-electron chi connectivity index (χ0n) is 3.99. The fourth-order valence-corrected chi connectivity index (χ4v) is 2.82. The predicted molar refractivity (Wildman–Crippen MR) is 24.4 cm³/mol. The van der Waals surface area contributed by atoms with Gasteiger partial charge in [-0.1, -0.05) is 0 Å². The SMILES string of the molecule is [Cl-].[Cl-].[Zr+2][C]1=CC=C[AsH]1. The van der Waals surface area contributed by atoms with Gasteiger partial charge in [-0.05, 0) is 0 Å². The number of hydrogen-bond donors (Lipinski definition) is 0. The van der Waals surface area contributed by atoms with Gasteiger partial charge in [0, 0.05) is 0 Å². The van der Waals surface area contributed by atoms with Crippen molar-refractivity contribution in [2.45, 2.75) is 0 Å². The molecule has 0 aromatic carbocycles. The zero-order valence-corrected chi connectivity index (χ0v) is 10.1. The van der Waals surface area contributed by atoms with E-state index in [2.05, 4.69) is 17.0 Å². The number of hydrogen-bond acceptors (Lipinski definition) is 0. The van der Waals surface area contributed by atoms with E-state index in [9.17, 15) is 0 Å². The first-order valence-corrected chi connectivity index (χ1v) is 5.23. The summed E-state index contributed by atoms with van der Waals surface area (Å²) in [5, 5.41) is 0. The molecule has 0 fully saturated rings. The summed E-state index contributed by atoms with van der Waals surface area (Å²) in [4.78, 5) is 2.31. The van der Waals surface area contributed by atoms with Crippen LogP contribution in [0.25, 0.3) is 0 Å². The van der Waals surface area contributed by atoms with Gasteiger partial charge in [-0.3, -0.25) is 0 Å². The first-order valence-electron chi connectivity index (χ1n) is 1.74. The molecule has 43 valence electrons. The molecule has 8 heavy (non-hydrogen) atoms. The molecule has 1 aliphatic rings. The molecular formula is C4H4AsCl2Zr. The molecule has 0 aromatic heterocycles. The number of allylic oxidation sites excluding steroid dienone is 2. The van der Waals surface area contributed by atoms with Gasteiger partial charge in [0.05, 0.1) is 0 Å². The molecule has 0 nitrogen and oxygen atoms in total. The van der Waals surface area contributed by atoms with Crippen molar-refractivity contribution in [1.29, 1.82) is 0 Å². The number of rotatable bonds is 0. The monoisotopic (exact) mass is 287 g/mol. The quantitative estimate of drug-likeness (QED) is 0.390. The number of halogens is 2. The molecule has 0 amide bonds. The van der Waals surface area contributed by atoms with E-state index in [-0.39, 0.29) is 24.8 Å². The zero-order chi connectivity index (χ0) is 4.41. The second-order valence-corrected chi connectivity index (χ2v) is 7.42. The van der Waals surface area contributed by atoms with Crippen LogP contribution >= 0.6 is 0 Å². The van der Waals surface area contributed by atoms with Crippen LogP contribution < -0.4 is 24.8 Å². The predicted octanol–water partition coefficient (Wildman–Crippen LogP) is -5.65. The van der Waals surface area contributed by atoms with Gasteiger partial charge < -0.3 is 24.8 Å². The summed E-state index contributed by atoms with van der Waals surface area (Å²) in [6, 6.07) is 0. The fraction of sp³-hybridized carbons (Fsp3) is 0. The second kappa shape index (κ2) is 6.62. The van der Waals surface area contributed by atoms with E-state index in [4.69, 9.17) is 0 Å². The van der Waals surface area contributed by atoms with Crippen molar-refractivity contribution in [3.8, 4) is 0 Å².